The molecule has 0 aromatic heterocycles. The molecule has 0 amide bonds. The molecule has 0 radical (unpaired) electrons. The van der Waals surface area contributed by atoms with Crippen molar-refractivity contribution in [3.63, 3.8) is 0 Å². The number of aryl methyl sites for hydroxylation is 4. The zero-order valence-corrected chi connectivity index (χ0v) is 21.9. The van der Waals surface area contributed by atoms with Crippen LogP contribution in [0.25, 0.3) is 0 Å². The van der Waals surface area contributed by atoms with E-state index < -0.39 is 17.5 Å². The molecule has 1 saturated carbocycles. The van der Waals surface area contributed by atoms with Crippen molar-refractivity contribution >= 4 is 11.6 Å². The highest BCUT2D eigenvalue weighted by Crippen LogP contribution is 2.34. The van der Waals surface area contributed by atoms with E-state index in [1.165, 1.54) is 67.5 Å². The first-order valence-electron chi connectivity index (χ1n) is 13.4. The first-order valence-corrected chi connectivity index (χ1v) is 13.8. The Bertz CT molecular complexity index is 1110. The van der Waals surface area contributed by atoms with Gasteiger partial charge >= 0.3 is 0 Å². The minimum absolute atomic E-state index is 0.0478. The van der Waals surface area contributed by atoms with Gasteiger partial charge in [-0.3, -0.25) is 0 Å². The molecule has 0 aliphatic heterocycles. The Labute approximate surface area is 218 Å². The van der Waals surface area contributed by atoms with Gasteiger partial charge in [0.15, 0.2) is 0 Å². The van der Waals surface area contributed by atoms with Crippen molar-refractivity contribution < 1.29 is 13.2 Å². The maximum absolute atomic E-state index is 14.7. The van der Waals surface area contributed by atoms with E-state index in [9.17, 15) is 13.2 Å². The first kappa shape index (κ1) is 26.8. The van der Waals surface area contributed by atoms with Crippen LogP contribution in [0.4, 0.5) is 13.2 Å². The highest BCUT2D eigenvalue weighted by Gasteiger charge is 2.21. The SMILES string of the molecule is CCc1ccc(CC[C@H]2CC[C@H](CCc3cc(F)c(CCc4ccc(Cl)c(F)c4)c(F)c3)CC2)cc1. The summed E-state index contributed by atoms with van der Waals surface area (Å²) in [6.07, 6.45) is 10.6. The van der Waals surface area contributed by atoms with Gasteiger partial charge in [-0.05, 0) is 103 Å². The zero-order valence-electron chi connectivity index (χ0n) is 21.1. The minimum Gasteiger partial charge on any atom is -0.207 e. The van der Waals surface area contributed by atoms with Crippen LogP contribution in [0.15, 0.2) is 54.6 Å². The fourth-order valence-corrected chi connectivity index (χ4v) is 5.61. The van der Waals surface area contributed by atoms with Crippen molar-refractivity contribution in [1.29, 1.82) is 0 Å². The Balaban J connectivity index is 1.21. The molecule has 0 saturated heterocycles. The van der Waals surface area contributed by atoms with E-state index in [-0.39, 0.29) is 17.0 Å². The van der Waals surface area contributed by atoms with Gasteiger partial charge in [-0.25, -0.2) is 13.2 Å². The van der Waals surface area contributed by atoms with Crippen LogP contribution in [0, 0.1) is 29.3 Å². The molecule has 1 aliphatic rings. The largest absolute Gasteiger partial charge is 0.207 e. The molecule has 192 valence electrons. The molecule has 1 aliphatic carbocycles. The average molecular weight is 513 g/mol. The van der Waals surface area contributed by atoms with Crippen LogP contribution in [0.1, 0.15) is 73.3 Å². The van der Waals surface area contributed by atoms with Gasteiger partial charge < -0.3 is 0 Å². The van der Waals surface area contributed by atoms with Crippen LogP contribution >= 0.6 is 11.6 Å². The Kier molecular flexibility index (Phi) is 9.53. The summed E-state index contributed by atoms with van der Waals surface area (Å²) >= 11 is 5.71. The lowest BCUT2D eigenvalue weighted by molar-refractivity contribution is 0.253. The molecule has 0 atom stereocenters. The van der Waals surface area contributed by atoms with Gasteiger partial charge in [-0.15, -0.1) is 0 Å². The van der Waals surface area contributed by atoms with Gasteiger partial charge in [0.25, 0.3) is 0 Å². The predicted octanol–water partition coefficient (Wildman–Crippen LogP) is 9.48. The molecular formula is C32H36ClF3. The van der Waals surface area contributed by atoms with Crippen LogP contribution in [0.5, 0.6) is 0 Å². The summed E-state index contributed by atoms with van der Waals surface area (Å²) in [6, 6.07) is 16.5. The summed E-state index contributed by atoms with van der Waals surface area (Å²) in [4.78, 5) is 0. The fourth-order valence-electron chi connectivity index (χ4n) is 5.50. The third kappa shape index (κ3) is 7.38. The summed E-state index contributed by atoms with van der Waals surface area (Å²) < 4.78 is 43.0. The summed E-state index contributed by atoms with van der Waals surface area (Å²) in [5, 5.41) is 0.0478. The van der Waals surface area contributed by atoms with Gasteiger partial charge in [0.05, 0.1) is 5.02 Å². The lowest BCUT2D eigenvalue weighted by Crippen LogP contribution is -2.16. The number of rotatable bonds is 10. The average Bonchev–Trinajstić information content (AvgIpc) is 2.88. The lowest BCUT2D eigenvalue weighted by atomic mass is 9.77. The number of benzene rings is 3. The highest BCUT2D eigenvalue weighted by atomic mass is 35.5. The summed E-state index contributed by atoms with van der Waals surface area (Å²) in [5.41, 5.74) is 4.29. The standard InChI is InChI=1S/C32H36ClF3/c1-2-22-3-5-23(6-4-22)7-8-24-9-11-25(12-10-24)13-14-27-20-30(34)28(31(35)21-27)17-15-26-16-18-29(33)32(36)19-26/h3-6,16,18-21,24-25H,2,7-15,17H2,1H3/t24-,25-. The maximum Gasteiger partial charge on any atom is 0.142 e. The van der Waals surface area contributed by atoms with Gasteiger partial charge in [0.2, 0.25) is 0 Å². The van der Waals surface area contributed by atoms with Gasteiger partial charge in [0, 0.05) is 5.56 Å². The van der Waals surface area contributed by atoms with Crippen LogP contribution < -0.4 is 0 Å². The quantitative estimate of drug-likeness (QED) is 0.254. The van der Waals surface area contributed by atoms with E-state index in [0.717, 1.165) is 30.7 Å². The Morgan fingerprint density at radius 3 is 1.67 bits per heavy atom. The Hall–Kier alpha value is -2.26. The molecule has 4 heteroatoms. The van der Waals surface area contributed by atoms with Crippen LogP contribution in [-0.2, 0) is 32.1 Å². The van der Waals surface area contributed by atoms with E-state index in [1.807, 2.05) is 0 Å². The molecule has 36 heavy (non-hydrogen) atoms. The molecule has 1 fully saturated rings. The molecule has 4 rings (SSSR count). The van der Waals surface area contributed by atoms with Gasteiger partial charge in [0.1, 0.15) is 17.5 Å². The van der Waals surface area contributed by atoms with Crippen molar-refractivity contribution in [2.75, 3.05) is 0 Å². The van der Waals surface area contributed by atoms with Crippen molar-refractivity contribution in [1.82, 2.24) is 0 Å². The second-order valence-corrected chi connectivity index (χ2v) is 10.8. The minimum atomic E-state index is -0.513. The zero-order chi connectivity index (χ0) is 25.5. The van der Waals surface area contributed by atoms with Gasteiger partial charge in [-0.1, -0.05) is 74.5 Å². The first-order chi connectivity index (χ1) is 17.4. The molecule has 3 aromatic rings. The van der Waals surface area contributed by atoms with Crippen molar-refractivity contribution in [2.24, 2.45) is 11.8 Å². The number of hydrogen-bond donors (Lipinski definition) is 0. The van der Waals surface area contributed by atoms with Crippen molar-refractivity contribution in [3.05, 3.63) is 105 Å². The molecule has 0 nitrogen and oxygen atoms in total. The van der Waals surface area contributed by atoms with Crippen molar-refractivity contribution in [3.8, 4) is 0 Å². The second-order valence-electron chi connectivity index (χ2n) is 10.4. The summed E-state index contributed by atoms with van der Waals surface area (Å²) in [7, 11) is 0. The smallest absolute Gasteiger partial charge is 0.142 e. The molecule has 0 bridgehead atoms. The van der Waals surface area contributed by atoms with E-state index >= 15 is 0 Å². The maximum atomic E-state index is 14.7. The molecule has 0 heterocycles. The third-order valence-electron chi connectivity index (χ3n) is 7.93. The number of hydrogen-bond acceptors (Lipinski definition) is 0. The molecule has 0 spiro atoms. The lowest BCUT2D eigenvalue weighted by Gasteiger charge is -2.28. The second kappa shape index (κ2) is 12.8. The topological polar surface area (TPSA) is 0 Å². The van der Waals surface area contributed by atoms with Crippen molar-refractivity contribution in [2.45, 2.75) is 77.6 Å². The van der Waals surface area contributed by atoms with Crippen LogP contribution in [-0.4, -0.2) is 0 Å². The Morgan fingerprint density at radius 2 is 1.11 bits per heavy atom. The van der Waals surface area contributed by atoms with Crippen LogP contribution in [0.2, 0.25) is 5.02 Å². The number of halogens is 4. The predicted molar refractivity (Wildman–Crippen MR) is 143 cm³/mol. The molecule has 0 N–H and O–H groups in total. The monoisotopic (exact) mass is 512 g/mol. The normalized spacial score (nSPS) is 17.9. The fraction of sp³-hybridized carbons (Fsp3) is 0.438. The third-order valence-corrected chi connectivity index (χ3v) is 8.24. The molecule has 0 unspecified atom stereocenters. The van der Waals surface area contributed by atoms with Gasteiger partial charge in [-0.2, -0.15) is 0 Å². The van der Waals surface area contributed by atoms with E-state index in [4.69, 9.17) is 11.6 Å². The summed E-state index contributed by atoms with van der Waals surface area (Å²) in [5.74, 6) is -0.0995. The summed E-state index contributed by atoms with van der Waals surface area (Å²) in [6.45, 7) is 2.18. The van der Waals surface area contributed by atoms with E-state index in [0.29, 0.717) is 24.3 Å². The van der Waals surface area contributed by atoms with E-state index in [1.54, 1.807) is 6.07 Å². The van der Waals surface area contributed by atoms with Crippen LogP contribution in [0.3, 0.4) is 0 Å². The molecule has 3 aromatic carbocycles. The van der Waals surface area contributed by atoms with E-state index in [2.05, 4.69) is 31.2 Å². The molecular weight excluding hydrogens is 477 g/mol. The Morgan fingerprint density at radius 1 is 0.611 bits per heavy atom. The highest BCUT2D eigenvalue weighted by molar-refractivity contribution is 6.30.